The first-order valence-electron chi connectivity index (χ1n) is 6.30. The van der Waals surface area contributed by atoms with E-state index < -0.39 is 0 Å². The van der Waals surface area contributed by atoms with E-state index in [1.54, 1.807) is 6.07 Å². The van der Waals surface area contributed by atoms with Crippen molar-refractivity contribution in [3.63, 3.8) is 0 Å². The summed E-state index contributed by atoms with van der Waals surface area (Å²) in [5, 5.41) is 14.8. The van der Waals surface area contributed by atoms with Gasteiger partial charge in [0, 0.05) is 10.2 Å². The van der Waals surface area contributed by atoms with Crippen LogP contribution in [-0.4, -0.2) is 16.7 Å². The van der Waals surface area contributed by atoms with E-state index >= 15 is 0 Å². The average molecular weight is 360 g/mol. The molecule has 1 heterocycles. The van der Waals surface area contributed by atoms with Crippen LogP contribution >= 0.6 is 27.5 Å². The molecule has 108 valence electrons. The fraction of sp³-hybridized carbons (Fsp3) is 0.385. The summed E-state index contributed by atoms with van der Waals surface area (Å²) in [6, 6.07) is 5.86. The Kier molecular flexibility index (Phi) is 5.39. The molecule has 0 aliphatic heterocycles. The van der Waals surface area contributed by atoms with Gasteiger partial charge in [0.1, 0.15) is 0 Å². The lowest BCUT2D eigenvalue weighted by Gasteiger charge is -2.04. The third-order valence-corrected chi connectivity index (χ3v) is 3.70. The number of anilines is 2. The zero-order valence-corrected chi connectivity index (χ0v) is 13.6. The van der Waals surface area contributed by atoms with Gasteiger partial charge in [-0.05, 0) is 46.6 Å². The molecule has 0 aliphatic rings. The van der Waals surface area contributed by atoms with Crippen molar-refractivity contribution in [2.75, 3.05) is 11.9 Å². The Balaban J connectivity index is 1.93. The molecular formula is C13H16BrClN4O. The highest BCUT2D eigenvalue weighted by Gasteiger charge is 2.07. The van der Waals surface area contributed by atoms with Crippen LogP contribution in [0.15, 0.2) is 27.1 Å². The van der Waals surface area contributed by atoms with Crippen molar-refractivity contribution in [3.05, 3.63) is 33.6 Å². The first-order chi connectivity index (χ1) is 9.54. The van der Waals surface area contributed by atoms with Crippen molar-refractivity contribution in [1.29, 1.82) is 0 Å². The van der Waals surface area contributed by atoms with E-state index in [-0.39, 0.29) is 0 Å². The highest BCUT2D eigenvalue weighted by atomic mass is 79.9. The van der Waals surface area contributed by atoms with Gasteiger partial charge >= 0.3 is 6.01 Å². The van der Waals surface area contributed by atoms with Crippen molar-refractivity contribution in [2.24, 2.45) is 5.92 Å². The van der Waals surface area contributed by atoms with Gasteiger partial charge in [0.25, 0.3) is 0 Å². The Morgan fingerprint density at radius 1 is 1.35 bits per heavy atom. The predicted molar refractivity (Wildman–Crippen MR) is 83.3 cm³/mol. The number of benzene rings is 1. The van der Waals surface area contributed by atoms with Crippen LogP contribution in [-0.2, 0) is 6.54 Å². The molecule has 7 heteroatoms. The molecule has 0 aliphatic carbocycles. The van der Waals surface area contributed by atoms with Crippen LogP contribution in [0.4, 0.5) is 11.7 Å². The monoisotopic (exact) mass is 358 g/mol. The third-order valence-electron chi connectivity index (χ3n) is 2.47. The lowest BCUT2D eigenvalue weighted by Crippen LogP contribution is -2.19. The largest absolute Gasteiger partial charge is 0.406 e. The molecule has 0 bridgehead atoms. The molecular weight excluding hydrogens is 344 g/mol. The Bertz CT molecular complexity index is 573. The first kappa shape index (κ1) is 15.3. The second-order valence-electron chi connectivity index (χ2n) is 4.78. The summed E-state index contributed by atoms with van der Waals surface area (Å²) >= 11 is 9.36. The van der Waals surface area contributed by atoms with E-state index in [0.717, 1.165) is 16.7 Å². The Labute approximate surface area is 131 Å². The zero-order chi connectivity index (χ0) is 14.5. The van der Waals surface area contributed by atoms with Gasteiger partial charge in [0.2, 0.25) is 5.89 Å². The Morgan fingerprint density at radius 2 is 2.15 bits per heavy atom. The van der Waals surface area contributed by atoms with Gasteiger partial charge in [-0.15, -0.1) is 5.10 Å². The smallest absolute Gasteiger partial charge is 0.320 e. The second-order valence-corrected chi connectivity index (χ2v) is 6.04. The molecule has 0 saturated heterocycles. The van der Waals surface area contributed by atoms with E-state index in [2.05, 4.69) is 50.6 Å². The van der Waals surface area contributed by atoms with Crippen molar-refractivity contribution in [3.8, 4) is 0 Å². The van der Waals surface area contributed by atoms with Crippen LogP contribution in [0.2, 0.25) is 5.02 Å². The summed E-state index contributed by atoms with van der Waals surface area (Å²) in [7, 11) is 0. The topological polar surface area (TPSA) is 63.0 Å². The molecule has 20 heavy (non-hydrogen) atoms. The second kappa shape index (κ2) is 7.06. The highest BCUT2D eigenvalue weighted by molar-refractivity contribution is 9.10. The van der Waals surface area contributed by atoms with Crippen LogP contribution in [0.25, 0.3) is 0 Å². The summed E-state index contributed by atoms with van der Waals surface area (Å²) in [6.45, 7) is 5.76. The summed E-state index contributed by atoms with van der Waals surface area (Å²) in [5.41, 5.74) is 0.795. The minimum Gasteiger partial charge on any atom is -0.406 e. The highest BCUT2D eigenvalue weighted by Crippen LogP contribution is 2.26. The van der Waals surface area contributed by atoms with Crippen LogP contribution < -0.4 is 10.6 Å². The maximum Gasteiger partial charge on any atom is 0.320 e. The molecule has 2 rings (SSSR count). The molecule has 2 N–H and O–H groups in total. The minimum atomic E-state index is 0.352. The molecule has 2 aromatic rings. The molecule has 0 amide bonds. The standard InChI is InChI=1S/C13H16BrClN4O/c1-8(2)6-16-7-12-18-19-13(20-12)17-9-3-4-10(14)11(15)5-9/h3-5,8,16H,6-7H2,1-2H3,(H,17,19). The van der Waals surface area contributed by atoms with E-state index in [4.69, 9.17) is 16.0 Å². The summed E-state index contributed by atoms with van der Waals surface area (Å²) in [6.07, 6.45) is 0. The van der Waals surface area contributed by atoms with Gasteiger partial charge in [-0.1, -0.05) is 30.5 Å². The fourth-order valence-corrected chi connectivity index (χ4v) is 1.97. The minimum absolute atomic E-state index is 0.352. The summed E-state index contributed by atoms with van der Waals surface area (Å²) in [4.78, 5) is 0. The Hall–Kier alpha value is -1.11. The van der Waals surface area contributed by atoms with E-state index in [1.165, 1.54) is 0 Å². The molecule has 0 unspecified atom stereocenters. The first-order valence-corrected chi connectivity index (χ1v) is 7.47. The maximum absolute atomic E-state index is 6.02. The van der Waals surface area contributed by atoms with E-state index in [9.17, 15) is 0 Å². The SMILES string of the molecule is CC(C)CNCc1nnc(Nc2ccc(Br)c(Cl)c2)o1. The van der Waals surface area contributed by atoms with Gasteiger partial charge < -0.3 is 15.1 Å². The number of nitrogens with one attached hydrogen (secondary N) is 2. The fourth-order valence-electron chi connectivity index (χ4n) is 1.54. The summed E-state index contributed by atoms with van der Waals surface area (Å²) in [5.74, 6) is 1.14. The molecule has 0 fully saturated rings. The zero-order valence-electron chi connectivity index (χ0n) is 11.3. The van der Waals surface area contributed by atoms with Crippen LogP contribution in [0.5, 0.6) is 0 Å². The third kappa shape index (κ3) is 4.47. The molecule has 1 aromatic heterocycles. The predicted octanol–water partition coefficient (Wildman–Crippen LogP) is 3.97. The molecule has 0 radical (unpaired) electrons. The number of halogens is 2. The number of hydrogen-bond donors (Lipinski definition) is 2. The van der Waals surface area contributed by atoms with E-state index in [1.807, 2.05) is 12.1 Å². The van der Waals surface area contributed by atoms with Crippen molar-refractivity contribution >= 4 is 39.2 Å². The lowest BCUT2D eigenvalue weighted by molar-refractivity contribution is 0.460. The molecule has 0 saturated carbocycles. The van der Waals surface area contributed by atoms with Gasteiger partial charge in [0.15, 0.2) is 0 Å². The van der Waals surface area contributed by atoms with Crippen LogP contribution in [0.1, 0.15) is 19.7 Å². The molecule has 1 aromatic carbocycles. The van der Waals surface area contributed by atoms with Gasteiger partial charge in [-0.3, -0.25) is 0 Å². The van der Waals surface area contributed by atoms with Crippen LogP contribution in [0, 0.1) is 5.92 Å². The van der Waals surface area contributed by atoms with Crippen LogP contribution in [0.3, 0.4) is 0 Å². The number of nitrogens with zero attached hydrogens (tertiary/aromatic N) is 2. The molecule has 0 spiro atoms. The van der Waals surface area contributed by atoms with Gasteiger partial charge in [-0.2, -0.15) is 0 Å². The normalized spacial score (nSPS) is 11.1. The van der Waals surface area contributed by atoms with E-state index in [0.29, 0.717) is 29.4 Å². The van der Waals surface area contributed by atoms with Crippen molar-refractivity contribution in [1.82, 2.24) is 15.5 Å². The quantitative estimate of drug-likeness (QED) is 0.817. The molecule has 0 atom stereocenters. The maximum atomic E-state index is 6.02. The number of rotatable bonds is 6. The lowest BCUT2D eigenvalue weighted by atomic mass is 10.2. The van der Waals surface area contributed by atoms with Crippen molar-refractivity contribution in [2.45, 2.75) is 20.4 Å². The average Bonchev–Trinajstić information content (AvgIpc) is 2.81. The number of aromatic nitrogens is 2. The summed E-state index contributed by atoms with van der Waals surface area (Å²) < 4.78 is 6.33. The molecule has 5 nitrogen and oxygen atoms in total. The van der Waals surface area contributed by atoms with Gasteiger partial charge in [-0.25, -0.2) is 0 Å². The van der Waals surface area contributed by atoms with Crippen molar-refractivity contribution < 1.29 is 4.42 Å². The number of hydrogen-bond acceptors (Lipinski definition) is 5. The van der Waals surface area contributed by atoms with Gasteiger partial charge in [0.05, 0.1) is 11.6 Å². The Morgan fingerprint density at radius 3 is 2.85 bits per heavy atom.